The lowest BCUT2D eigenvalue weighted by molar-refractivity contribution is -0.120. The van der Waals surface area contributed by atoms with Crippen molar-refractivity contribution in [1.82, 2.24) is 10.0 Å². The highest BCUT2D eigenvalue weighted by molar-refractivity contribution is 6.38. The second-order valence-corrected chi connectivity index (χ2v) is 7.36. The highest BCUT2D eigenvalue weighted by Crippen LogP contribution is 2.31. The van der Waals surface area contributed by atoms with E-state index in [4.69, 9.17) is 34.9 Å². The summed E-state index contributed by atoms with van der Waals surface area (Å²) in [7, 11) is 0. The quantitative estimate of drug-likeness (QED) is 0.216. The number of nitriles is 1. The van der Waals surface area contributed by atoms with Gasteiger partial charge in [0.15, 0.2) is 17.5 Å². The molecule has 4 N–H and O–H groups in total. The number of Topliss-reactive ketones (excluding diaryl/α,β-unsaturated/α-hetero) is 2. The fourth-order valence-corrected chi connectivity index (χ4v) is 3.23. The first-order chi connectivity index (χ1) is 13.2. The van der Waals surface area contributed by atoms with Crippen LogP contribution in [0.15, 0.2) is 12.1 Å². The van der Waals surface area contributed by atoms with E-state index in [-0.39, 0.29) is 40.2 Å². The van der Waals surface area contributed by atoms with Crippen molar-refractivity contribution in [2.24, 2.45) is 17.6 Å². The summed E-state index contributed by atoms with van der Waals surface area (Å²) in [5, 5.41) is 11.3. The van der Waals surface area contributed by atoms with Crippen LogP contribution in [0, 0.1) is 17.2 Å². The van der Waals surface area contributed by atoms with Gasteiger partial charge < -0.3 is 0 Å². The maximum atomic E-state index is 12.7. The fourth-order valence-electron chi connectivity index (χ4n) is 2.65. The Bertz CT molecular complexity index is 835. The third-order valence-corrected chi connectivity index (χ3v) is 5.18. The van der Waals surface area contributed by atoms with Crippen LogP contribution in [0.2, 0.25) is 10.0 Å². The molecule has 1 saturated carbocycles. The number of urea groups is 1. The monoisotopic (exact) mass is 425 g/mol. The zero-order valence-corrected chi connectivity index (χ0v) is 16.8. The summed E-state index contributed by atoms with van der Waals surface area (Å²) in [5.41, 5.74) is 0.207. The number of carbonyl (C=O) groups is 3. The Morgan fingerprint density at radius 2 is 1.93 bits per heavy atom. The van der Waals surface area contributed by atoms with Gasteiger partial charge in [-0.05, 0) is 31.4 Å². The van der Waals surface area contributed by atoms with Gasteiger partial charge in [0.2, 0.25) is 0 Å². The molecule has 1 aromatic carbocycles. The van der Waals surface area contributed by atoms with Crippen LogP contribution in [-0.2, 0) is 11.3 Å². The maximum absolute atomic E-state index is 12.7. The van der Waals surface area contributed by atoms with Crippen LogP contribution >= 0.6 is 23.2 Å². The molecule has 0 radical (unpaired) electrons. The van der Waals surface area contributed by atoms with Crippen molar-refractivity contribution in [3.05, 3.63) is 33.3 Å². The van der Waals surface area contributed by atoms with Crippen molar-refractivity contribution >= 4 is 40.8 Å². The lowest BCUT2D eigenvalue weighted by Crippen LogP contribution is -2.50. The molecule has 0 saturated heterocycles. The van der Waals surface area contributed by atoms with E-state index >= 15 is 0 Å². The molecule has 0 heterocycles. The van der Waals surface area contributed by atoms with Gasteiger partial charge in [-0.1, -0.05) is 30.1 Å². The van der Waals surface area contributed by atoms with E-state index in [2.05, 4.69) is 0 Å². The third-order valence-electron chi connectivity index (χ3n) is 4.40. The molecule has 0 aliphatic heterocycles. The smallest absolute Gasteiger partial charge is 0.298 e. The minimum absolute atomic E-state index is 0.0234. The van der Waals surface area contributed by atoms with Crippen molar-refractivity contribution in [3.8, 4) is 6.07 Å². The van der Waals surface area contributed by atoms with Crippen LogP contribution in [0.25, 0.3) is 0 Å². The zero-order valence-electron chi connectivity index (χ0n) is 15.3. The second kappa shape index (κ2) is 9.34. The Balaban J connectivity index is 2.27. The van der Waals surface area contributed by atoms with Crippen LogP contribution in [0.5, 0.6) is 0 Å². The van der Waals surface area contributed by atoms with Gasteiger partial charge in [0, 0.05) is 22.6 Å². The molecular formula is C18H21Cl2N5O3. The van der Waals surface area contributed by atoms with Crippen molar-refractivity contribution < 1.29 is 14.4 Å². The normalized spacial score (nSPS) is 14.1. The number of rotatable bonds is 8. The lowest BCUT2D eigenvalue weighted by atomic mass is 9.92. The first-order valence-electron chi connectivity index (χ1n) is 8.76. The molecule has 1 fully saturated rings. The number of nitrogens with zero attached hydrogens (tertiary/aromatic N) is 3. The van der Waals surface area contributed by atoms with Crippen LogP contribution in [0.4, 0.5) is 4.79 Å². The number of amides is 2. The van der Waals surface area contributed by atoms with Crippen molar-refractivity contribution in [2.45, 2.75) is 45.2 Å². The number of hydrogen-bond donors (Lipinski definition) is 2. The Hall–Kier alpha value is -2.18. The molecule has 0 bridgehead atoms. The lowest BCUT2D eigenvalue weighted by Gasteiger charge is -2.24. The molecule has 1 aromatic rings. The molecule has 10 heteroatoms. The molecule has 2 rings (SSSR count). The first-order valence-corrected chi connectivity index (χ1v) is 9.52. The van der Waals surface area contributed by atoms with E-state index in [1.807, 2.05) is 0 Å². The van der Waals surface area contributed by atoms with Gasteiger partial charge in [-0.3, -0.25) is 19.6 Å². The first kappa shape index (κ1) is 22.1. The SMILES string of the molecule is CCCC(=O)C(C#N)C(=O)c1ccc(Cl)c(CN(N)C(=O)N(N)C2CC2)c1Cl. The van der Waals surface area contributed by atoms with E-state index in [1.165, 1.54) is 12.1 Å². The summed E-state index contributed by atoms with van der Waals surface area (Å²) >= 11 is 12.5. The highest BCUT2D eigenvalue weighted by atomic mass is 35.5. The largest absolute Gasteiger partial charge is 0.348 e. The number of benzene rings is 1. The van der Waals surface area contributed by atoms with Crippen LogP contribution in [0.3, 0.4) is 0 Å². The summed E-state index contributed by atoms with van der Waals surface area (Å²) in [6, 6.07) is 3.84. The standard InChI is InChI=1S/C18H21Cl2N5O3/c1-2-3-15(26)12(8-21)17(27)11-6-7-14(19)13(16(11)20)9-24(22)18(28)25(23)10-4-5-10/h6-7,10,12H,2-5,9,22-23H2,1H3. The molecule has 2 amide bonds. The molecule has 28 heavy (non-hydrogen) atoms. The second-order valence-electron chi connectivity index (χ2n) is 6.58. The highest BCUT2D eigenvalue weighted by Gasteiger charge is 2.33. The van der Waals surface area contributed by atoms with E-state index in [1.54, 1.807) is 13.0 Å². The van der Waals surface area contributed by atoms with E-state index < -0.39 is 23.5 Å². The zero-order chi connectivity index (χ0) is 21.0. The molecule has 8 nitrogen and oxygen atoms in total. The fraction of sp³-hybridized carbons (Fsp3) is 0.444. The molecule has 0 aromatic heterocycles. The van der Waals surface area contributed by atoms with Crippen molar-refractivity contribution in [1.29, 1.82) is 5.26 Å². The number of ketones is 2. The summed E-state index contributed by atoms with van der Waals surface area (Å²) in [6.45, 7) is 1.58. The number of hydrazine groups is 2. The van der Waals surface area contributed by atoms with Crippen molar-refractivity contribution in [3.63, 3.8) is 0 Å². The molecule has 1 unspecified atom stereocenters. The number of halogens is 2. The van der Waals surface area contributed by atoms with E-state index in [9.17, 15) is 19.6 Å². The van der Waals surface area contributed by atoms with Crippen LogP contribution in [-0.4, -0.2) is 33.7 Å². The van der Waals surface area contributed by atoms with Gasteiger partial charge in [0.05, 0.1) is 23.7 Å². The Labute approximate surface area is 172 Å². The predicted molar refractivity (Wildman–Crippen MR) is 104 cm³/mol. The molecule has 1 aliphatic carbocycles. The van der Waals surface area contributed by atoms with Crippen LogP contribution < -0.4 is 11.7 Å². The topological polar surface area (TPSA) is 134 Å². The van der Waals surface area contributed by atoms with Gasteiger partial charge in [0.1, 0.15) is 0 Å². The molecule has 0 spiro atoms. The minimum Gasteiger partial charge on any atom is -0.298 e. The Kier molecular flexibility index (Phi) is 7.38. The van der Waals surface area contributed by atoms with Gasteiger partial charge in [0.25, 0.3) is 0 Å². The molecule has 1 aliphatic rings. The minimum atomic E-state index is -1.45. The summed E-state index contributed by atoms with van der Waals surface area (Å²) in [4.78, 5) is 37.0. The van der Waals surface area contributed by atoms with Gasteiger partial charge >= 0.3 is 6.03 Å². The predicted octanol–water partition coefficient (Wildman–Crippen LogP) is 2.82. The maximum Gasteiger partial charge on any atom is 0.348 e. The Morgan fingerprint density at radius 1 is 1.29 bits per heavy atom. The summed E-state index contributed by atoms with van der Waals surface area (Å²) < 4.78 is 0. The molecular weight excluding hydrogens is 405 g/mol. The average Bonchev–Trinajstić information content (AvgIpc) is 3.49. The third kappa shape index (κ3) is 4.80. The summed E-state index contributed by atoms with van der Waals surface area (Å²) in [5.74, 6) is 8.90. The Morgan fingerprint density at radius 3 is 2.46 bits per heavy atom. The van der Waals surface area contributed by atoms with Crippen molar-refractivity contribution in [2.75, 3.05) is 0 Å². The van der Waals surface area contributed by atoms with Gasteiger partial charge in [-0.15, -0.1) is 0 Å². The number of nitrogens with two attached hydrogens (primary N) is 2. The molecule has 1 atom stereocenters. The van der Waals surface area contributed by atoms with Gasteiger partial charge in [-0.2, -0.15) is 5.26 Å². The number of hydrogen-bond acceptors (Lipinski definition) is 6. The van der Waals surface area contributed by atoms with Crippen LogP contribution in [0.1, 0.15) is 48.5 Å². The van der Waals surface area contributed by atoms with E-state index in [0.29, 0.717) is 6.42 Å². The van der Waals surface area contributed by atoms with E-state index in [0.717, 1.165) is 22.9 Å². The molecule has 150 valence electrons. The van der Waals surface area contributed by atoms with Gasteiger partial charge in [-0.25, -0.2) is 16.5 Å². The average molecular weight is 426 g/mol. The summed E-state index contributed by atoms with van der Waals surface area (Å²) in [6.07, 6.45) is 2.25. The number of carbonyl (C=O) groups excluding carboxylic acids is 3.